The zero-order valence-electron chi connectivity index (χ0n) is 15.8. The monoisotopic (exact) mass is 363 g/mol. The Kier molecular flexibility index (Phi) is 4.84. The van der Waals surface area contributed by atoms with Crippen LogP contribution in [-0.4, -0.2) is 40.0 Å². The summed E-state index contributed by atoms with van der Waals surface area (Å²) in [6.07, 6.45) is 1.36. The number of ether oxygens (including phenoxy) is 1. The van der Waals surface area contributed by atoms with Gasteiger partial charge in [-0.25, -0.2) is 4.98 Å². The molecule has 5 heteroatoms. The van der Waals surface area contributed by atoms with E-state index >= 15 is 0 Å². The molecule has 5 nitrogen and oxygen atoms in total. The number of fused-ring (bicyclic) bond motifs is 1. The van der Waals surface area contributed by atoms with Crippen molar-refractivity contribution in [1.29, 1.82) is 0 Å². The molecule has 27 heavy (non-hydrogen) atoms. The third-order valence-electron chi connectivity index (χ3n) is 5.25. The summed E-state index contributed by atoms with van der Waals surface area (Å²) in [5, 5.41) is 0. The fraction of sp³-hybridized carbons (Fsp3) is 0.364. The van der Waals surface area contributed by atoms with Gasteiger partial charge >= 0.3 is 0 Å². The number of imidazole rings is 1. The molecule has 1 aliphatic heterocycles. The number of aryl methyl sites for hydroxylation is 1. The Morgan fingerprint density at radius 3 is 2.70 bits per heavy atom. The Hall–Kier alpha value is -2.82. The van der Waals surface area contributed by atoms with Gasteiger partial charge in [0.25, 0.3) is 5.91 Å². The van der Waals surface area contributed by atoms with Crippen LogP contribution in [0, 0.1) is 6.92 Å². The molecule has 1 aromatic heterocycles. The Morgan fingerprint density at radius 2 is 1.96 bits per heavy atom. The second-order valence-electron chi connectivity index (χ2n) is 7.32. The number of carbonyl (C=O) groups excluding carboxylic acids is 1. The fourth-order valence-electron chi connectivity index (χ4n) is 3.74. The van der Waals surface area contributed by atoms with Crippen molar-refractivity contribution in [2.45, 2.75) is 38.7 Å². The molecule has 140 valence electrons. The molecule has 0 saturated carbocycles. The maximum atomic E-state index is 12.7. The van der Waals surface area contributed by atoms with Gasteiger partial charge in [-0.1, -0.05) is 24.3 Å². The van der Waals surface area contributed by atoms with E-state index in [1.54, 1.807) is 0 Å². The molecule has 1 saturated heterocycles. The van der Waals surface area contributed by atoms with Gasteiger partial charge in [-0.05, 0) is 56.5 Å². The summed E-state index contributed by atoms with van der Waals surface area (Å²) in [5.41, 5.74) is 3.20. The van der Waals surface area contributed by atoms with E-state index in [1.807, 2.05) is 61.2 Å². The summed E-state index contributed by atoms with van der Waals surface area (Å²) in [6, 6.07) is 15.9. The number of piperidine rings is 1. The third-order valence-corrected chi connectivity index (χ3v) is 5.25. The third kappa shape index (κ3) is 3.82. The van der Waals surface area contributed by atoms with Crippen LogP contribution in [0.25, 0.3) is 11.0 Å². The summed E-state index contributed by atoms with van der Waals surface area (Å²) in [6.45, 7) is 5.32. The van der Waals surface area contributed by atoms with Crippen molar-refractivity contribution in [3.63, 3.8) is 0 Å². The number of benzene rings is 2. The summed E-state index contributed by atoms with van der Waals surface area (Å²) < 4.78 is 5.85. The molecule has 2 aromatic carbocycles. The molecule has 3 aromatic rings. The number of carbonyl (C=O) groups is 1. The van der Waals surface area contributed by atoms with Crippen molar-refractivity contribution in [1.82, 2.24) is 14.9 Å². The van der Waals surface area contributed by atoms with Gasteiger partial charge in [0.05, 0.1) is 11.0 Å². The van der Waals surface area contributed by atoms with Crippen LogP contribution in [0.5, 0.6) is 5.75 Å². The largest absolute Gasteiger partial charge is 0.481 e. The molecular formula is C22H25N3O2. The lowest BCUT2D eigenvalue weighted by molar-refractivity contribution is -0.139. The first-order chi connectivity index (χ1) is 13.1. The number of aromatic nitrogens is 2. The van der Waals surface area contributed by atoms with Crippen LogP contribution in [-0.2, 0) is 4.79 Å². The lowest BCUT2D eigenvalue weighted by atomic mass is 9.96. The number of aromatic amines is 1. The van der Waals surface area contributed by atoms with E-state index in [0.717, 1.165) is 54.1 Å². The fourth-order valence-corrected chi connectivity index (χ4v) is 3.74. The second-order valence-corrected chi connectivity index (χ2v) is 7.32. The smallest absolute Gasteiger partial charge is 0.263 e. The van der Waals surface area contributed by atoms with Gasteiger partial charge in [-0.3, -0.25) is 4.79 Å². The molecule has 1 unspecified atom stereocenters. The van der Waals surface area contributed by atoms with Crippen molar-refractivity contribution in [3.8, 4) is 5.75 Å². The Morgan fingerprint density at radius 1 is 1.19 bits per heavy atom. The van der Waals surface area contributed by atoms with Crippen molar-refractivity contribution in [2.75, 3.05) is 13.1 Å². The molecule has 1 fully saturated rings. The van der Waals surface area contributed by atoms with Crippen LogP contribution in [0.2, 0.25) is 0 Å². The van der Waals surface area contributed by atoms with Crippen LogP contribution in [0.3, 0.4) is 0 Å². The van der Waals surface area contributed by atoms with Gasteiger partial charge in [0, 0.05) is 19.0 Å². The second kappa shape index (κ2) is 7.43. The van der Waals surface area contributed by atoms with Crippen LogP contribution in [0.1, 0.15) is 37.1 Å². The minimum absolute atomic E-state index is 0.0552. The van der Waals surface area contributed by atoms with Gasteiger partial charge in [-0.2, -0.15) is 0 Å². The van der Waals surface area contributed by atoms with Crippen LogP contribution >= 0.6 is 0 Å². The van der Waals surface area contributed by atoms with E-state index in [2.05, 4.69) is 11.1 Å². The van der Waals surface area contributed by atoms with E-state index < -0.39 is 6.10 Å². The molecule has 2 heterocycles. The molecule has 1 atom stereocenters. The number of H-pyrrole nitrogens is 1. The van der Waals surface area contributed by atoms with Gasteiger partial charge < -0.3 is 14.6 Å². The normalized spacial score (nSPS) is 16.4. The molecule has 1 aliphatic rings. The zero-order chi connectivity index (χ0) is 18.8. The van der Waals surface area contributed by atoms with Gasteiger partial charge in [0.2, 0.25) is 0 Å². The Balaban J connectivity index is 1.36. The molecule has 0 aliphatic carbocycles. The number of amides is 1. The zero-order valence-corrected chi connectivity index (χ0v) is 15.8. The van der Waals surface area contributed by atoms with E-state index in [1.165, 1.54) is 0 Å². The highest BCUT2D eigenvalue weighted by Gasteiger charge is 2.29. The Labute approximate surface area is 159 Å². The minimum atomic E-state index is -0.477. The van der Waals surface area contributed by atoms with Gasteiger partial charge in [0.15, 0.2) is 6.10 Å². The first-order valence-corrected chi connectivity index (χ1v) is 9.57. The van der Waals surface area contributed by atoms with Crippen LogP contribution in [0.15, 0.2) is 48.5 Å². The van der Waals surface area contributed by atoms with Crippen molar-refractivity contribution in [2.24, 2.45) is 0 Å². The molecule has 4 rings (SSSR count). The quantitative estimate of drug-likeness (QED) is 0.761. The molecule has 1 N–H and O–H groups in total. The SMILES string of the molecule is Cc1cccc(OC(C)C(=O)N2CCC(c3nc4ccccc4[nH]3)CC2)c1. The van der Waals surface area contributed by atoms with Gasteiger partial charge in [-0.15, -0.1) is 0 Å². The Bertz CT molecular complexity index is 908. The number of rotatable bonds is 4. The number of nitrogens with zero attached hydrogens (tertiary/aromatic N) is 2. The molecular weight excluding hydrogens is 338 g/mol. The molecule has 0 radical (unpaired) electrons. The van der Waals surface area contributed by atoms with Crippen LogP contribution < -0.4 is 4.74 Å². The van der Waals surface area contributed by atoms with E-state index in [4.69, 9.17) is 9.72 Å². The molecule has 0 bridgehead atoms. The number of hydrogen-bond donors (Lipinski definition) is 1. The first-order valence-electron chi connectivity index (χ1n) is 9.57. The summed E-state index contributed by atoms with van der Waals surface area (Å²) >= 11 is 0. The highest BCUT2D eigenvalue weighted by molar-refractivity contribution is 5.81. The number of para-hydroxylation sites is 2. The average molecular weight is 363 g/mol. The first kappa shape index (κ1) is 17.6. The highest BCUT2D eigenvalue weighted by Crippen LogP contribution is 2.28. The lowest BCUT2D eigenvalue weighted by Crippen LogP contribution is -2.44. The van der Waals surface area contributed by atoms with E-state index in [9.17, 15) is 4.79 Å². The highest BCUT2D eigenvalue weighted by atomic mass is 16.5. The van der Waals surface area contributed by atoms with Crippen molar-refractivity contribution in [3.05, 3.63) is 59.9 Å². The van der Waals surface area contributed by atoms with Crippen molar-refractivity contribution >= 4 is 16.9 Å². The maximum Gasteiger partial charge on any atom is 0.263 e. The van der Waals surface area contributed by atoms with Crippen LogP contribution in [0.4, 0.5) is 0 Å². The predicted octanol–water partition coefficient (Wildman–Crippen LogP) is 4.04. The number of likely N-dealkylation sites (tertiary alicyclic amines) is 1. The topological polar surface area (TPSA) is 58.2 Å². The number of nitrogens with one attached hydrogen (secondary N) is 1. The molecule has 1 amide bonds. The van der Waals surface area contributed by atoms with Crippen molar-refractivity contribution < 1.29 is 9.53 Å². The maximum absolute atomic E-state index is 12.7. The predicted molar refractivity (Wildman–Crippen MR) is 106 cm³/mol. The average Bonchev–Trinajstić information content (AvgIpc) is 3.12. The summed E-state index contributed by atoms with van der Waals surface area (Å²) in [5.74, 6) is 2.20. The minimum Gasteiger partial charge on any atom is -0.481 e. The number of hydrogen-bond acceptors (Lipinski definition) is 3. The summed E-state index contributed by atoms with van der Waals surface area (Å²) in [7, 11) is 0. The van der Waals surface area contributed by atoms with E-state index in [0.29, 0.717) is 5.92 Å². The standard InChI is InChI=1S/C22H25N3O2/c1-15-6-5-7-18(14-15)27-16(2)22(26)25-12-10-17(11-13-25)21-23-19-8-3-4-9-20(19)24-21/h3-9,14,16-17H,10-13H2,1-2H3,(H,23,24). The van der Waals surface area contributed by atoms with E-state index in [-0.39, 0.29) is 5.91 Å². The van der Waals surface area contributed by atoms with Gasteiger partial charge in [0.1, 0.15) is 11.6 Å². The molecule has 0 spiro atoms. The lowest BCUT2D eigenvalue weighted by Gasteiger charge is -2.32. The summed E-state index contributed by atoms with van der Waals surface area (Å²) in [4.78, 5) is 22.8.